The van der Waals surface area contributed by atoms with E-state index in [1.54, 1.807) is 0 Å². The van der Waals surface area contributed by atoms with E-state index in [1.807, 2.05) is 0 Å². The second-order valence-corrected chi connectivity index (χ2v) is 5.88. The number of hydrogen-bond acceptors (Lipinski definition) is 2. The van der Waals surface area contributed by atoms with Crippen molar-refractivity contribution in [2.45, 2.75) is 51.5 Å². The molecule has 88 valence electrons. The predicted octanol–water partition coefficient (Wildman–Crippen LogP) is 2.57. The molecule has 1 heterocycles. The number of ether oxygens (including phenoxy) is 1. The van der Waals surface area contributed by atoms with Crippen molar-refractivity contribution >= 4 is 0 Å². The van der Waals surface area contributed by atoms with E-state index in [9.17, 15) is 0 Å². The van der Waals surface area contributed by atoms with Gasteiger partial charge in [-0.2, -0.15) is 0 Å². The highest BCUT2D eigenvalue weighted by molar-refractivity contribution is 4.96. The smallest absolute Gasteiger partial charge is 0.0512 e. The van der Waals surface area contributed by atoms with Gasteiger partial charge >= 0.3 is 0 Å². The van der Waals surface area contributed by atoms with Gasteiger partial charge in [0.2, 0.25) is 0 Å². The van der Waals surface area contributed by atoms with Crippen LogP contribution in [-0.4, -0.2) is 18.8 Å². The van der Waals surface area contributed by atoms with Gasteiger partial charge in [0.05, 0.1) is 6.61 Å². The maximum atomic E-state index is 6.55. The molecule has 0 radical (unpaired) electrons. The van der Waals surface area contributed by atoms with E-state index >= 15 is 0 Å². The van der Waals surface area contributed by atoms with E-state index in [4.69, 9.17) is 10.5 Å². The van der Waals surface area contributed by atoms with E-state index in [0.717, 1.165) is 25.0 Å². The van der Waals surface area contributed by atoms with Gasteiger partial charge in [-0.25, -0.2) is 0 Å². The molecule has 2 heteroatoms. The third kappa shape index (κ3) is 2.36. The minimum Gasteiger partial charge on any atom is -0.381 e. The van der Waals surface area contributed by atoms with Crippen LogP contribution in [0, 0.1) is 17.8 Å². The zero-order valence-corrected chi connectivity index (χ0v) is 10.2. The normalized spacial score (nSPS) is 42.4. The SMILES string of the molecule is CC(C)C1CCC(N)(C2CCOC2)CC1. The minimum atomic E-state index is 0.0991. The van der Waals surface area contributed by atoms with Crippen molar-refractivity contribution in [1.82, 2.24) is 0 Å². The molecule has 0 aromatic rings. The fourth-order valence-corrected chi connectivity index (χ4v) is 3.24. The Labute approximate surface area is 93.6 Å². The van der Waals surface area contributed by atoms with Gasteiger partial charge in [-0.05, 0) is 43.9 Å². The molecule has 0 aromatic heterocycles. The molecule has 0 spiro atoms. The molecule has 15 heavy (non-hydrogen) atoms. The first-order valence-electron chi connectivity index (χ1n) is 6.48. The lowest BCUT2D eigenvalue weighted by Gasteiger charge is -2.42. The molecule has 0 amide bonds. The monoisotopic (exact) mass is 211 g/mol. The van der Waals surface area contributed by atoms with Gasteiger partial charge in [-0.3, -0.25) is 0 Å². The van der Waals surface area contributed by atoms with Crippen LogP contribution in [0.25, 0.3) is 0 Å². The Bertz CT molecular complexity index is 201. The summed E-state index contributed by atoms with van der Waals surface area (Å²) in [4.78, 5) is 0. The first-order chi connectivity index (χ1) is 7.12. The topological polar surface area (TPSA) is 35.2 Å². The van der Waals surface area contributed by atoms with Crippen molar-refractivity contribution in [2.75, 3.05) is 13.2 Å². The first kappa shape index (κ1) is 11.4. The summed E-state index contributed by atoms with van der Waals surface area (Å²) in [6.45, 7) is 6.51. The molecular weight excluding hydrogens is 186 g/mol. The van der Waals surface area contributed by atoms with Crippen LogP contribution >= 0.6 is 0 Å². The van der Waals surface area contributed by atoms with Crippen molar-refractivity contribution in [1.29, 1.82) is 0 Å². The van der Waals surface area contributed by atoms with Crippen LogP contribution < -0.4 is 5.73 Å². The molecule has 1 unspecified atom stereocenters. The number of rotatable bonds is 2. The Morgan fingerprint density at radius 1 is 1.20 bits per heavy atom. The summed E-state index contributed by atoms with van der Waals surface area (Å²) in [5.41, 5.74) is 6.65. The lowest BCUT2D eigenvalue weighted by molar-refractivity contribution is 0.116. The summed E-state index contributed by atoms with van der Waals surface area (Å²) < 4.78 is 5.47. The average molecular weight is 211 g/mol. The van der Waals surface area contributed by atoms with Crippen molar-refractivity contribution < 1.29 is 4.74 Å². The van der Waals surface area contributed by atoms with Crippen molar-refractivity contribution in [3.05, 3.63) is 0 Å². The minimum absolute atomic E-state index is 0.0991. The second kappa shape index (κ2) is 4.42. The highest BCUT2D eigenvalue weighted by Crippen LogP contribution is 2.40. The Kier molecular flexibility index (Phi) is 3.36. The largest absolute Gasteiger partial charge is 0.381 e. The molecule has 1 saturated carbocycles. The lowest BCUT2D eigenvalue weighted by atomic mass is 9.68. The van der Waals surface area contributed by atoms with E-state index in [-0.39, 0.29) is 5.54 Å². The third-order valence-corrected chi connectivity index (χ3v) is 4.65. The summed E-state index contributed by atoms with van der Waals surface area (Å²) in [5.74, 6) is 2.36. The van der Waals surface area contributed by atoms with Crippen LogP contribution in [0.3, 0.4) is 0 Å². The molecule has 1 saturated heterocycles. The van der Waals surface area contributed by atoms with Gasteiger partial charge in [0.15, 0.2) is 0 Å². The van der Waals surface area contributed by atoms with Crippen molar-refractivity contribution in [3.63, 3.8) is 0 Å². The zero-order chi connectivity index (χ0) is 10.9. The molecular formula is C13H25NO. The molecule has 2 N–H and O–H groups in total. The highest BCUT2D eigenvalue weighted by Gasteiger charge is 2.40. The van der Waals surface area contributed by atoms with E-state index in [0.29, 0.717) is 5.92 Å². The maximum absolute atomic E-state index is 6.55. The van der Waals surface area contributed by atoms with E-state index < -0.39 is 0 Å². The second-order valence-electron chi connectivity index (χ2n) is 5.88. The summed E-state index contributed by atoms with van der Waals surface area (Å²) in [5, 5.41) is 0. The van der Waals surface area contributed by atoms with Gasteiger partial charge in [0.1, 0.15) is 0 Å². The van der Waals surface area contributed by atoms with Gasteiger partial charge in [0.25, 0.3) is 0 Å². The average Bonchev–Trinajstić information content (AvgIpc) is 2.71. The Balaban J connectivity index is 1.90. The first-order valence-corrected chi connectivity index (χ1v) is 6.48. The predicted molar refractivity (Wildman–Crippen MR) is 62.6 cm³/mol. The number of nitrogens with two attached hydrogens (primary N) is 1. The molecule has 2 fully saturated rings. The molecule has 2 rings (SSSR count). The van der Waals surface area contributed by atoms with Crippen LogP contribution in [0.2, 0.25) is 0 Å². The van der Waals surface area contributed by atoms with Crippen LogP contribution in [0.4, 0.5) is 0 Å². The van der Waals surface area contributed by atoms with Crippen molar-refractivity contribution in [2.24, 2.45) is 23.5 Å². The van der Waals surface area contributed by atoms with Gasteiger partial charge in [0, 0.05) is 18.1 Å². The Morgan fingerprint density at radius 3 is 2.33 bits per heavy atom. The number of hydrogen-bond donors (Lipinski definition) is 1. The molecule has 1 aliphatic heterocycles. The molecule has 0 bridgehead atoms. The van der Waals surface area contributed by atoms with Crippen molar-refractivity contribution in [3.8, 4) is 0 Å². The van der Waals surface area contributed by atoms with Crippen LogP contribution in [0.15, 0.2) is 0 Å². The zero-order valence-electron chi connectivity index (χ0n) is 10.2. The summed E-state index contributed by atoms with van der Waals surface area (Å²) in [6.07, 6.45) is 6.26. The third-order valence-electron chi connectivity index (χ3n) is 4.65. The molecule has 1 aliphatic carbocycles. The van der Waals surface area contributed by atoms with Crippen LogP contribution in [0.5, 0.6) is 0 Å². The van der Waals surface area contributed by atoms with E-state index in [1.165, 1.54) is 32.1 Å². The van der Waals surface area contributed by atoms with Gasteiger partial charge < -0.3 is 10.5 Å². The summed E-state index contributed by atoms with van der Waals surface area (Å²) >= 11 is 0. The molecule has 0 aromatic carbocycles. The van der Waals surface area contributed by atoms with Gasteiger partial charge in [-0.1, -0.05) is 13.8 Å². The van der Waals surface area contributed by atoms with Crippen LogP contribution in [-0.2, 0) is 4.74 Å². The molecule has 2 nitrogen and oxygen atoms in total. The van der Waals surface area contributed by atoms with Gasteiger partial charge in [-0.15, -0.1) is 0 Å². The molecule has 2 aliphatic rings. The summed E-state index contributed by atoms with van der Waals surface area (Å²) in [6, 6.07) is 0. The quantitative estimate of drug-likeness (QED) is 0.762. The van der Waals surface area contributed by atoms with E-state index in [2.05, 4.69) is 13.8 Å². The standard InChI is InChI=1S/C13H25NO/c1-10(2)11-3-6-13(14,7-4-11)12-5-8-15-9-12/h10-12H,3-9,14H2,1-2H3. The lowest BCUT2D eigenvalue weighted by Crippen LogP contribution is -2.50. The molecule has 1 atom stereocenters. The maximum Gasteiger partial charge on any atom is 0.0512 e. The fourth-order valence-electron chi connectivity index (χ4n) is 3.24. The highest BCUT2D eigenvalue weighted by atomic mass is 16.5. The summed E-state index contributed by atoms with van der Waals surface area (Å²) in [7, 11) is 0. The Morgan fingerprint density at radius 2 is 1.87 bits per heavy atom. The Hall–Kier alpha value is -0.0800. The fraction of sp³-hybridized carbons (Fsp3) is 1.00. The van der Waals surface area contributed by atoms with Crippen LogP contribution in [0.1, 0.15) is 46.0 Å².